The number of pyridine rings is 1. The number of aliphatic hydroxyl groups excluding tert-OH is 1. The van der Waals surface area contributed by atoms with Crippen molar-refractivity contribution in [1.82, 2.24) is 4.98 Å². The molecule has 5 aromatic rings. The summed E-state index contributed by atoms with van der Waals surface area (Å²) in [5.41, 5.74) is 3.45. The highest BCUT2D eigenvalue weighted by molar-refractivity contribution is 5.95. The molecule has 2 aromatic heterocycles. The Kier molecular flexibility index (Phi) is 5.40. The van der Waals surface area contributed by atoms with E-state index in [0.717, 1.165) is 22.0 Å². The summed E-state index contributed by atoms with van der Waals surface area (Å²) in [6, 6.07) is 22.2. The lowest BCUT2D eigenvalue weighted by atomic mass is 9.98. The average molecular weight is 437 g/mol. The van der Waals surface area contributed by atoms with Crippen LogP contribution in [0.25, 0.3) is 33.0 Å². The summed E-state index contributed by atoms with van der Waals surface area (Å²) in [5, 5.41) is 11.0. The molecule has 1 N–H and O–H groups in total. The van der Waals surface area contributed by atoms with Crippen molar-refractivity contribution in [3.63, 3.8) is 0 Å². The van der Waals surface area contributed by atoms with E-state index in [4.69, 9.17) is 9.15 Å². The van der Waals surface area contributed by atoms with Crippen LogP contribution in [-0.2, 0) is 6.61 Å². The van der Waals surface area contributed by atoms with E-state index in [2.05, 4.69) is 4.98 Å². The molecule has 5 heteroatoms. The maximum absolute atomic E-state index is 13.1. The second-order valence-electron chi connectivity index (χ2n) is 8.30. The molecule has 0 aliphatic carbocycles. The lowest BCUT2D eigenvalue weighted by Gasteiger charge is -2.14. The Balaban J connectivity index is 1.74. The SMILES string of the molecule is CC(C)c1cc(=O)c2c(-c3cccc(CO)c3)cc(Oc3ccnc4ccccc34)cc2o1. The molecule has 5 rings (SSSR count). The lowest BCUT2D eigenvalue weighted by molar-refractivity contribution is 0.282. The molecule has 0 bridgehead atoms. The van der Waals surface area contributed by atoms with Gasteiger partial charge >= 0.3 is 0 Å². The molecule has 0 aliphatic rings. The van der Waals surface area contributed by atoms with Gasteiger partial charge in [0.25, 0.3) is 0 Å². The van der Waals surface area contributed by atoms with E-state index in [1.807, 2.05) is 74.5 Å². The molecule has 33 heavy (non-hydrogen) atoms. The van der Waals surface area contributed by atoms with E-state index >= 15 is 0 Å². The maximum atomic E-state index is 13.1. The highest BCUT2D eigenvalue weighted by atomic mass is 16.5. The normalized spacial score (nSPS) is 11.4. The quantitative estimate of drug-likeness (QED) is 0.344. The molecule has 3 aromatic carbocycles. The molecule has 5 nitrogen and oxygen atoms in total. The van der Waals surface area contributed by atoms with E-state index in [1.165, 1.54) is 0 Å². The van der Waals surface area contributed by atoms with Crippen LogP contribution in [0.4, 0.5) is 0 Å². The van der Waals surface area contributed by atoms with Gasteiger partial charge in [-0.3, -0.25) is 9.78 Å². The Morgan fingerprint density at radius 1 is 1.00 bits per heavy atom. The van der Waals surface area contributed by atoms with Crippen molar-refractivity contribution in [2.45, 2.75) is 26.4 Å². The summed E-state index contributed by atoms with van der Waals surface area (Å²) in [4.78, 5) is 17.5. The Morgan fingerprint density at radius 3 is 2.67 bits per heavy atom. The first-order valence-electron chi connectivity index (χ1n) is 10.9. The Labute approximate surface area is 190 Å². The number of aliphatic hydroxyl groups is 1. The second-order valence-corrected chi connectivity index (χ2v) is 8.30. The van der Waals surface area contributed by atoms with Gasteiger partial charge in [-0.2, -0.15) is 0 Å². The summed E-state index contributed by atoms with van der Waals surface area (Å²) in [5.74, 6) is 1.90. The van der Waals surface area contributed by atoms with Crippen LogP contribution in [0.2, 0.25) is 0 Å². The van der Waals surface area contributed by atoms with Crippen LogP contribution < -0.4 is 10.2 Å². The molecule has 0 amide bonds. The number of nitrogens with zero attached hydrogens (tertiary/aromatic N) is 1. The smallest absolute Gasteiger partial charge is 0.193 e. The summed E-state index contributed by atoms with van der Waals surface area (Å²) < 4.78 is 12.5. The molecule has 0 fully saturated rings. The molecule has 0 radical (unpaired) electrons. The molecule has 0 saturated carbocycles. The first kappa shape index (κ1) is 20.9. The minimum Gasteiger partial charge on any atom is -0.460 e. The number of ether oxygens (including phenoxy) is 1. The maximum Gasteiger partial charge on any atom is 0.193 e. The minimum absolute atomic E-state index is 0.0667. The summed E-state index contributed by atoms with van der Waals surface area (Å²) in [6.07, 6.45) is 1.71. The predicted molar refractivity (Wildman–Crippen MR) is 130 cm³/mol. The molecule has 0 saturated heterocycles. The average Bonchev–Trinajstić information content (AvgIpc) is 2.83. The van der Waals surface area contributed by atoms with Gasteiger partial charge in [0, 0.05) is 35.2 Å². The number of hydrogen-bond donors (Lipinski definition) is 1. The summed E-state index contributed by atoms with van der Waals surface area (Å²) in [6.45, 7) is 3.88. The van der Waals surface area contributed by atoms with Gasteiger partial charge in [-0.15, -0.1) is 0 Å². The fraction of sp³-hybridized carbons (Fsp3) is 0.143. The van der Waals surface area contributed by atoms with Crippen LogP contribution in [0.15, 0.2) is 88.2 Å². The van der Waals surface area contributed by atoms with Crippen LogP contribution in [0.3, 0.4) is 0 Å². The molecular formula is C28H23NO4. The number of hydrogen-bond acceptors (Lipinski definition) is 5. The zero-order valence-electron chi connectivity index (χ0n) is 18.4. The van der Waals surface area contributed by atoms with Gasteiger partial charge < -0.3 is 14.3 Å². The van der Waals surface area contributed by atoms with Crippen LogP contribution in [0, 0.1) is 0 Å². The van der Waals surface area contributed by atoms with Gasteiger partial charge in [-0.05, 0) is 41.5 Å². The highest BCUT2D eigenvalue weighted by Crippen LogP contribution is 2.36. The zero-order chi connectivity index (χ0) is 22.9. The molecule has 0 spiro atoms. The van der Waals surface area contributed by atoms with E-state index in [0.29, 0.717) is 33.8 Å². The van der Waals surface area contributed by atoms with Crippen LogP contribution in [0.5, 0.6) is 11.5 Å². The summed E-state index contributed by atoms with van der Waals surface area (Å²) in [7, 11) is 0. The van der Waals surface area contributed by atoms with Gasteiger partial charge in [0.2, 0.25) is 0 Å². The predicted octanol–water partition coefficient (Wildman–Crippen LogP) is 6.42. The highest BCUT2D eigenvalue weighted by Gasteiger charge is 2.16. The monoisotopic (exact) mass is 437 g/mol. The Morgan fingerprint density at radius 2 is 1.85 bits per heavy atom. The van der Waals surface area contributed by atoms with Gasteiger partial charge in [0.1, 0.15) is 22.8 Å². The second kappa shape index (κ2) is 8.52. The van der Waals surface area contributed by atoms with Crippen molar-refractivity contribution in [3.05, 3.63) is 101 Å². The fourth-order valence-electron chi connectivity index (χ4n) is 3.98. The molecule has 2 heterocycles. The van der Waals surface area contributed by atoms with Crippen LogP contribution in [0.1, 0.15) is 31.1 Å². The fourth-order valence-corrected chi connectivity index (χ4v) is 3.98. The molecule has 0 unspecified atom stereocenters. The third-order valence-corrected chi connectivity index (χ3v) is 5.65. The molecule has 0 atom stereocenters. The van der Waals surface area contributed by atoms with Gasteiger partial charge in [-0.25, -0.2) is 0 Å². The largest absolute Gasteiger partial charge is 0.460 e. The molecular weight excluding hydrogens is 414 g/mol. The Hall–Kier alpha value is -3.96. The minimum atomic E-state index is -0.106. The number of aromatic nitrogens is 1. The van der Waals surface area contributed by atoms with Crippen molar-refractivity contribution in [3.8, 4) is 22.6 Å². The van der Waals surface area contributed by atoms with Gasteiger partial charge in [-0.1, -0.05) is 44.2 Å². The van der Waals surface area contributed by atoms with E-state index in [9.17, 15) is 9.90 Å². The van der Waals surface area contributed by atoms with Crippen molar-refractivity contribution >= 4 is 21.9 Å². The van der Waals surface area contributed by atoms with Gasteiger partial charge in [0.05, 0.1) is 17.5 Å². The zero-order valence-corrected chi connectivity index (χ0v) is 18.4. The van der Waals surface area contributed by atoms with E-state index in [-0.39, 0.29) is 18.0 Å². The van der Waals surface area contributed by atoms with E-state index < -0.39 is 0 Å². The standard InChI is InChI=1S/C28H23NO4/c1-17(2)26-15-24(31)28-22(19-7-5-6-18(12-19)16-30)13-20(14-27(28)33-26)32-25-10-11-29-23-9-4-3-8-21(23)25/h3-15,17,30H,16H2,1-2H3. The van der Waals surface area contributed by atoms with Crippen molar-refractivity contribution < 1.29 is 14.3 Å². The topological polar surface area (TPSA) is 72.6 Å². The molecule has 0 aliphatic heterocycles. The van der Waals surface area contributed by atoms with Crippen molar-refractivity contribution in [2.75, 3.05) is 0 Å². The number of para-hydroxylation sites is 1. The van der Waals surface area contributed by atoms with E-state index in [1.54, 1.807) is 18.3 Å². The lowest BCUT2D eigenvalue weighted by Crippen LogP contribution is -2.05. The van der Waals surface area contributed by atoms with Crippen molar-refractivity contribution in [1.29, 1.82) is 0 Å². The third kappa shape index (κ3) is 3.99. The Bertz CT molecular complexity index is 1530. The number of rotatable bonds is 5. The van der Waals surface area contributed by atoms with Crippen LogP contribution >= 0.6 is 0 Å². The van der Waals surface area contributed by atoms with Gasteiger partial charge in [0.15, 0.2) is 5.43 Å². The van der Waals surface area contributed by atoms with Crippen LogP contribution in [-0.4, -0.2) is 10.1 Å². The first-order valence-corrected chi connectivity index (χ1v) is 10.9. The summed E-state index contributed by atoms with van der Waals surface area (Å²) >= 11 is 0. The first-order chi connectivity index (χ1) is 16.0. The molecule has 164 valence electrons. The number of fused-ring (bicyclic) bond motifs is 2. The number of benzene rings is 3. The van der Waals surface area contributed by atoms with Crippen molar-refractivity contribution in [2.24, 2.45) is 0 Å². The third-order valence-electron chi connectivity index (χ3n) is 5.65.